The van der Waals surface area contributed by atoms with Crippen LogP contribution in [0.25, 0.3) is 0 Å². The van der Waals surface area contributed by atoms with Crippen molar-refractivity contribution in [2.45, 2.75) is 4.90 Å². The van der Waals surface area contributed by atoms with Gasteiger partial charge in [-0.3, -0.25) is 0 Å². The van der Waals surface area contributed by atoms with E-state index in [-0.39, 0.29) is 28.4 Å². The van der Waals surface area contributed by atoms with E-state index in [1.807, 2.05) is 6.07 Å². The number of sulfone groups is 1. The van der Waals surface area contributed by atoms with E-state index in [4.69, 9.17) is 5.26 Å². The summed E-state index contributed by atoms with van der Waals surface area (Å²) in [6.45, 7) is 0.0834. The van der Waals surface area contributed by atoms with Gasteiger partial charge in [-0.05, 0) is 30.3 Å². The quantitative estimate of drug-likeness (QED) is 0.921. The first-order valence-electron chi connectivity index (χ1n) is 6.24. The molecule has 0 saturated carbocycles. The topological polar surface area (TPSA) is 70.0 Å². The number of hydrogen-bond donors (Lipinski definition) is 1. The van der Waals surface area contributed by atoms with E-state index in [9.17, 15) is 12.8 Å². The van der Waals surface area contributed by atoms with Gasteiger partial charge in [0.1, 0.15) is 5.82 Å². The predicted molar refractivity (Wildman–Crippen MR) is 78.1 cm³/mol. The van der Waals surface area contributed by atoms with Gasteiger partial charge in [-0.1, -0.05) is 18.2 Å². The van der Waals surface area contributed by atoms with Gasteiger partial charge in [0.15, 0.2) is 9.84 Å². The predicted octanol–water partition coefficient (Wildman–Crippen LogP) is 2.58. The van der Waals surface area contributed by atoms with E-state index in [1.54, 1.807) is 18.2 Å². The third-order valence-electron chi connectivity index (χ3n) is 2.89. The lowest BCUT2D eigenvalue weighted by Crippen LogP contribution is -2.16. The van der Waals surface area contributed by atoms with E-state index >= 15 is 0 Å². The molecule has 6 heteroatoms. The van der Waals surface area contributed by atoms with Crippen LogP contribution < -0.4 is 5.32 Å². The van der Waals surface area contributed by atoms with Crippen molar-refractivity contribution >= 4 is 15.5 Å². The molecule has 108 valence electrons. The zero-order valence-corrected chi connectivity index (χ0v) is 11.9. The van der Waals surface area contributed by atoms with Crippen molar-refractivity contribution < 1.29 is 12.8 Å². The van der Waals surface area contributed by atoms with Crippen molar-refractivity contribution in [3.05, 3.63) is 59.9 Å². The highest BCUT2D eigenvalue weighted by Gasteiger charge is 2.13. The second-order valence-electron chi connectivity index (χ2n) is 4.37. The average molecular weight is 304 g/mol. The Kier molecular flexibility index (Phi) is 4.55. The van der Waals surface area contributed by atoms with Gasteiger partial charge in [0, 0.05) is 6.54 Å². The maximum absolute atomic E-state index is 13.6. The standard InChI is InChI=1S/C15H13FN2O2S/c16-14-10-12(11-17)6-7-15(14)18-8-9-21(19,20)13-4-2-1-3-5-13/h1-7,10,18H,8-9H2. The lowest BCUT2D eigenvalue weighted by atomic mass is 10.2. The van der Waals surface area contributed by atoms with Crippen LogP contribution in [0, 0.1) is 17.1 Å². The first kappa shape index (κ1) is 15.0. The number of hydrogen-bond acceptors (Lipinski definition) is 4. The van der Waals surface area contributed by atoms with Crippen molar-refractivity contribution in [1.29, 1.82) is 5.26 Å². The third-order valence-corrected chi connectivity index (χ3v) is 4.62. The number of anilines is 1. The SMILES string of the molecule is N#Cc1ccc(NCCS(=O)(=O)c2ccccc2)c(F)c1. The zero-order chi connectivity index (χ0) is 15.3. The first-order valence-corrected chi connectivity index (χ1v) is 7.89. The highest BCUT2D eigenvalue weighted by atomic mass is 32.2. The number of nitriles is 1. The molecule has 2 rings (SSSR count). The molecule has 2 aromatic rings. The van der Waals surface area contributed by atoms with Crippen LogP contribution in [-0.4, -0.2) is 20.7 Å². The van der Waals surface area contributed by atoms with Gasteiger partial charge < -0.3 is 5.32 Å². The maximum atomic E-state index is 13.6. The summed E-state index contributed by atoms with van der Waals surface area (Å²) >= 11 is 0. The van der Waals surface area contributed by atoms with Crippen LogP contribution in [0.3, 0.4) is 0 Å². The van der Waals surface area contributed by atoms with E-state index < -0.39 is 15.7 Å². The van der Waals surface area contributed by atoms with E-state index in [2.05, 4.69) is 5.32 Å². The lowest BCUT2D eigenvalue weighted by molar-refractivity contribution is 0.596. The van der Waals surface area contributed by atoms with Crippen LogP contribution in [0.2, 0.25) is 0 Å². The highest BCUT2D eigenvalue weighted by Crippen LogP contribution is 2.16. The summed E-state index contributed by atoms with van der Waals surface area (Å²) in [4.78, 5) is 0.243. The molecule has 0 fully saturated rings. The lowest BCUT2D eigenvalue weighted by Gasteiger charge is -2.08. The summed E-state index contributed by atoms with van der Waals surface area (Å²) in [6, 6.07) is 13.9. The normalized spacial score (nSPS) is 10.9. The Hall–Kier alpha value is -2.39. The molecule has 0 unspecified atom stereocenters. The number of nitrogens with one attached hydrogen (secondary N) is 1. The fourth-order valence-electron chi connectivity index (χ4n) is 1.79. The largest absolute Gasteiger partial charge is 0.382 e. The first-order chi connectivity index (χ1) is 10.0. The molecule has 0 aliphatic rings. The molecule has 0 heterocycles. The Bertz CT molecular complexity index is 768. The average Bonchev–Trinajstić information content (AvgIpc) is 2.49. The summed E-state index contributed by atoms with van der Waals surface area (Å²) in [7, 11) is -3.39. The van der Waals surface area contributed by atoms with Gasteiger partial charge in [0.25, 0.3) is 0 Å². The second kappa shape index (κ2) is 6.37. The molecule has 1 N–H and O–H groups in total. The Morgan fingerprint density at radius 3 is 2.48 bits per heavy atom. The summed E-state index contributed by atoms with van der Waals surface area (Å²) in [5.41, 5.74) is 0.396. The molecule has 0 atom stereocenters. The van der Waals surface area contributed by atoms with Crippen LogP contribution in [-0.2, 0) is 9.84 Å². The molecule has 4 nitrogen and oxygen atoms in total. The number of rotatable bonds is 5. The van der Waals surface area contributed by atoms with Crippen LogP contribution in [0.1, 0.15) is 5.56 Å². The van der Waals surface area contributed by atoms with Gasteiger partial charge in [0.05, 0.1) is 28.0 Å². The van der Waals surface area contributed by atoms with Crippen molar-refractivity contribution in [2.24, 2.45) is 0 Å². The Balaban J connectivity index is 2.01. The molecule has 0 aliphatic heterocycles. The molecule has 0 aromatic heterocycles. The third kappa shape index (κ3) is 3.80. The second-order valence-corrected chi connectivity index (χ2v) is 6.47. The van der Waals surface area contributed by atoms with Crippen LogP contribution >= 0.6 is 0 Å². The minimum absolute atomic E-state index is 0.0834. The number of benzene rings is 2. The van der Waals surface area contributed by atoms with E-state index in [1.165, 1.54) is 24.3 Å². The molecule has 2 aromatic carbocycles. The molecule has 0 amide bonds. The van der Waals surface area contributed by atoms with E-state index in [0.717, 1.165) is 6.07 Å². The van der Waals surface area contributed by atoms with Crippen molar-refractivity contribution in [3.8, 4) is 6.07 Å². The highest BCUT2D eigenvalue weighted by molar-refractivity contribution is 7.91. The molecule has 0 bridgehead atoms. The van der Waals surface area contributed by atoms with Gasteiger partial charge in [0.2, 0.25) is 0 Å². The van der Waals surface area contributed by atoms with Crippen LogP contribution in [0.5, 0.6) is 0 Å². The monoisotopic (exact) mass is 304 g/mol. The van der Waals surface area contributed by atoms with Crippen LogP contribution in [0.4, 0.5) is 10.1 Å². The molecule has 0 spiro atoms. The maximum Gasteiger partial charge on any atom is 0.180 e. The Morgan fingerprint density at radius 1 is 1.14 bits per heavy atom. The molecule has 0 aliphatic carbocycles. The fourth-order valence-corrected chi connectivity index (χ4v) is 2.97. The van der Waals surface area contributed by atoms with Crippen LogP contribution in [0.15, 0.2) is 53.4 Å². The number of halogens is 1. The smallest absolute Gasteiger partial charge is 0.180 e. The summed E-state index contributed by atoms with van der Waals surface area (Å²) in [5.74, 6) is -0.720. The van der Waals surface area contributed by atoms with E-state index in [0.29, 0.717) is 0 Å². The summed E-state index contributed by atoms with van der Waals surface area (Å²) < 4.78 is 37.7. The fraction of sp³-hybridized carbons (Fsp3) is 0.133. The molecular weight excluding hydrogens is 291 g/mol. The molecule has 0 saturated heterocycles. The summed E-state index contributed by atoms with van der Waals surface area (Å²) in [5, 5.41) is 11.4. The summed E-state index contributed by atoms with van der Waals surface area (Å²) in [6.07, 6.45) is 0. The van der Waals surface area contributed by atoms with Crippen molar-refractivity contribution in [3.63, 3.8) is 0 Å². The van der Waals surface area contributed by atoms with Crippen molar-refractivity contribution in [2.75, 3.05) is 17.6 Å². The Labute approximate surface area is 122 Å². The molecular formula is C15H13FN2O2S. The van der Waals surface area contributed by atoms with Crippen molar-refractivity contribution in [1.82, 2.24) is 0 Å². The van der Waals surface area contributed by atoms with Gasteiger partial charge in [-0.2, -0.15) is 5.26 Å². The Morgan fingerprint density at radius 2 is 1.86 bits per heavy atom. The number of nitrogens with zero attached hydrogens (tertiary/aromatic N) is 1. The molecule has 21 heavy (non-hydrogen) atoms. The minimum Gasteiger partial charge on any atom is -0.382 e. The van der Waals surface area contributed by atoms with Gasteiger partial charge in [-0.15, -0.1) is 0 Å². The van der Waals surface area contributed by atoms with Gasteiger partial charge >= 0.3 is 0 Å². The molecule has 0 radical (unpaired) electrons. The minimum atomic E-state index is -3.39. The van der Waals surface area contributed by atoms with Gasteiger partial charge in [-0.25, -0.2) is 12.8 Å². The zero-order valence-electron chi connectivity index (χ0n) is 11.1.